The highest BCUT2D eigenvalue weighted by Crippen LogP contribution is 2.37. The molecule has 0 aliphatic heterocycles. The molecule has 2 nitrogen and oxygen atoms in total. The normalized spacial score (nSPS) is 11.9. The lowest BCUT2D eigenvalue weighted by molar-refractivity contribution is 0.280. The van der Waals surface area contributed by atoms with Crippen LogP contribution in [0.15, 0.2) is 30.3 Å². The second-order valence-electron chi connectivity index (χ2n) is 7.86. The maximum absolute atomic E-state index is 10.3. The van der Waals surface area contributed by atoms with Crippen molar-refractivity contribution in [2.45, 2.75) is 79.2 Å². The molecule has 1 heterocycles. The van der Waals surface area contributed by atoms with E-state index in [0.717, 1.165) is 47.3 Å². The Bertz CT molecular complexity index is 770. The number of hydrogen-bond acceptors (Lipinski definition) is 2. The lowest BCUT2D eigenvalue weighted by Crippen LogP contribution is -2.10. The summed E-state index contributed by atoms with van der Waals surface area (Å²) in [7, 11) is 0. The first-order valence-electron chi connectivity index (χ1n) is 10.4. The predicted molar refractivity (Wildman–Crippen MR) is 117 cm³/mol. The van der Waals surface area contributed by atoms with Crippen LogP contribution in [0.2, 0.25) is 0 Å². The number of nitrogens with zero attached hydrogens (tertiary/aromatic N) is 1. The number of aliphatic hydroxyl groups is 1. The zero-order valence-corrected chi connectivity index (χ0v) is 17.8. The summed E-state index contributed by atoms with van der Waals surface area (Å²) in [5.74, 6) is 0.595. The largest absolute Gasteiger partial charge is 0.392 e. The summed E-state index contributed by atoms with van der Waals surface area (Å²) in [6.45, 7) is 13.1. The molecule has 1 aromatic carbocycles. The molecule has 1 aromatic heterocycles. The van der Waals surface area contributed by atoms with Crippen LogP contribution in [-0.2, 0) is 13.0 Å². The van der Waals surface area contributed by atoms with Gasteiger partial charge in [0.15, 0.2) is 0 Å². The molecule has 0 saturated carbocycles. The molecule has 2 rings (SSSR count). The highest BCUT2D eigenvalue weighted by molar-refractivity contribution is 5.80. The van der Waals surface area contributed by atoms with E-state index in [9.17, 15) is 5.11 Å². The quantitative estimate of drug-likeness (QED) is 0.554. The first kappa shape index (κ1) is 21.4. The van der Waals surface area contributed by atoms with Crippen LogP contribution in [0.5, 0.6) is 0 Å². The molecule has 1 N–H and O–H groups in total. The number of aryl methyl sites for hydroxylation is 1. The van der Waals surface area contributed by atoms with E-state index in [0.29, 0.717) is 5.92 Å². The van der Waals surface area contributed by atoms with E-state index in [1.807, 2.05) is 0 Å². The SMILES string of the molecule is CCC/C=C/c1c(C(C)C)nc(C(C)C)c(CO)c1-c1ccc(CC)cc1. The van der Waals surface area contributed by atoms with Crippen molar-refractivity contribution in [3.63, 3.8) is 0 Å². The first-order chi connectivity index (χ1) is 12.9. The van der Waals surface area contributed by atoms with Gasteiger partial charge in [-0.3, -0.25) is 4.98 Å². The number of allylic oxidation sites excluding steroid dienone is 1. The van der Waals surface area contributed by atoms with Gasteiger partial charge in [0.25, 0.3) is 0 Å². The predicted octanol–water partition coefficient (Wildman–Crippen LogP) is 6.86. The summed E-state index contributed by atoms with van der Waals surface area (Å²) in [6.07, 6.45) is 7.66. The molecule has 0 saturated heterocycles. The van der Waals surface area contributed by atoms with E-state index >= 15 is 0 Å². The van der Waals surface area contributed by atoms with Crippen molar-refractivity contribution >= 4 is 6.08 Å². The third-order valence-electron chi connectivity index (χ3n) is 5.04. The van der Waals surface area contributed by atoms with Gasteiger partial charge in [-0.2, -0.15) is 0 Å². The number of aromatic nitrogens is 1. The fourth-order valence-corrected chi connectivity index (χ4v) is 3.53. The standard InChI is InChI=1S/C25H35NO/c1-7-9-10-11-21-23(20-14-12-19(8-2)13-15-20)22(16-27)25(18(5)6)26-24(21)17(3)4/h10-15,17-18,27H,7-9,16H2,1-6H3/b11-10+. The molecule has 0 amide bonds. The summed E-state index contributed by atoms with van der Waals surface area (Å²) >= 11 is 0. The van der Waals surface area contributed by atoms with Crippen LogP contribution in [-0.4, -0.2) is 10.1 Å². The van der Waals surface area contributed by atoms with Gasteiger partial charge in [0.05, 0.1) is 12.3 Å². The van der Waals surface area contributed by atoms with Gasteiger partial charge in [-0.05, 0) is 41.4 Å². The fraction of sp³-hybridized carbons (Fsp3) is 0.480. The van der Waals surface area contributed by atoms with Crippen molar-refractivity contribution < 1.29 is 5.11 Å². The Hall–Kier alpha value is -1.93. The summed E-state index contributed by atoms with van der Waals surface area (Å²) in [4.78, 5) is 5.03. The lowest BCUT2D eigenvalue weighted by Gasteiger charge is -2.23. The summed E-state index contributed by atoms with van der Waals surface area (Å²) in [6, 6.07) is 8.78. The van der Waals surface area contributed by atoms with Crippen LogP contribution in [0.25, 0.3) is 17.2 Å². The molecule has 0 radical (unpaired) electrons. The van der Waals surface area contributed by atoms with Gasteiger partial charge in [-0.1, -0.05) is 84.4 Å². The Morgan fingerprint density at radius 3 is 2.07 bits per heavy atom. The van der Waals surface area contributed by atoms with Crippen LogP contribution < -0.4 is 0 Å². The number of benzene rings is 1. The minimum absolute atomic E-state index is 0.0123. The minimum Gasteiger partial charge on any atom is -0.392 e. The molecule has 0 spiro atoms. The summed E-state index contributed by atoms with van der Waals surface area (Å²) in [5, 5.41) is 10.3. The van der Waals surface area contributed by atoms with Crippen LogP contribution in [0.3, 0.4) is 0 Å². The van der Waals surface area contributed by atoms with Gasteiger partial charge >= 0.3 is 0 Å². The third kappa shape index (κ3) is 4.87. The van der Waals surface area contributed by atoms with Gasteiger partial charge < -0.3 is 5.11 Å². The summed E-state index contributed by atoms with van der Waals surface area (Å²) < 4.78 is 0. The van der Waals surface area contributed by atoms with E-state index < -0.39 is 0 Å². The van der Waals surface area contributed by atoms with E-state index in [1.165, 1.54) is 11.1 Å². The van der Waals surface area contributed by atoms with Crippen LogP contribution in [0, 0.1) is 0 Å². The Morgan fingerprint density at radius 2 is 1.59 bits per heavy atom. The highest BCUT2D eigenvalue weighted by Gasteiger charge is 2.22. The molecular weight excluding hydrogens is 330 g/mol. The average Bonchev–Trinajstić information content (AvgIpc) is 2.67. The van der Waals surface area contributed by atoms with E-state index in [2.05, 4.69) is 78.0 Å². The molecular formula is C25H35NO. The maximum Gasteiger partial charge on any atom is 0.0706 e. The number of pyridine rings is 1. The number of unbranched alkanes of at least 4 members (excludes halogenated alkanes) is 1. The average molecular weight is 366 g/mol. The van der Waals surface area contributed by atoms with E-state index in [1.54, 1.807) is 0 Å². The zero-order valence-electron chi connectivity index (χ0n) is 17.8. The van der Waals surface area contributed by atoms with Gasteiger partial charge in [-0.15, -0.1) is 0 Å². The third-order valence-corrected chi connectivity index (χ3v) is 5.04. The molecule has 2 heteroatoms. The zero-order chi connectivity index (χ0) is 20.0. The van der Waals surface area contributed by atoms with Crippen molar-refractivity contribution in [2.75, 3.05) is 0 Å². The molecule has 146 valence electrons. The molecule has 0 aliphatic rings. The van der Waals surface area contributed by atoms with Gasteiger partial charge in [-0.25, -0.2) is 0 Å². The fourth-order valence-electron chi connectivity index (χ4n) is 3.53. The lowest BCUT2D eigenvalue weighted by atomic mass is 9.86. The van der Waals surface area contributed by atoms with Crippen molar-refractivity contribution in [3.05, 3.63) is 58.4 Å². The van der Waals surface area contributed by atoms with Gasteiger partial charge in [0.1, 0.15) is 0 Å². The highest BCUT2D eigenvalue weighted by atomic mass is 16.3. The molecule has 0 atom stereocenters. The molecule has 27 heavy (non-hydrogen) atoms. The van der Waals surface area contributed by atoms with E-state index in [-0.39, 0.29) is 12.5 Å². The number of hydrogen-bond donors (Lipinski definition) is 1. The molecule has 0 fully saturated rings. The molecule has 0 bridgehead atoms. The number of aliphatic hydroxyl groups excluding tert-OH is 1. The van der Waals surface area contributed by atoms with E-state index in [4.69, 9.17) is 4.98 Å². The monoisotopic (exact) mass is 365 g/mol. The Kier molecular flexibility index (Phi) is 7.79. The van der Waals surface area contributed by atoms with Crippen molar-refractivity contribution in [3.8, 4) is 11.1 Å². The van der Waals surface area contributed by atoms with Crippen LogP contribution in [0.1, 0.15) is 94.3 Å². The molecule has 0 aliphatic carbocycles. The molecule has 0 unspecified atom stereocenters. The maximum atomic E-state index is 10.3. The van der Waals surface area contributed by atoms with Gasteiger partial charge in [0.2, 0.25) is 0 Å². The minimum atomic E-state index is 0.0123. The second-order valence-corrected chi connectivity index (χ2v) is 7.86. The topological polar surface area (TPSA) is 33.1 Å². The smallest absolute Gasteiger partial charge is 0.0706 e. The molecule has 2 aromatic rings. The van der Waals surface area contributed by atoms with Crippen molar-refractivity contribution in [2.24, 2.45) is 0 Å². The summed E-state index contributed by atoms with van der Waals surface area (Å²) in [5.41, 5.74) is 7.91. The first-order valence-corrected chi connectivity index (χ1v) is 10.4. The van der Waals surface area contributed by atoms with Gasteiger partial charge in [0, 0.05) is 16.8 Å². The Morgan fingerprint density at radius 1 is 0.963 bits per heavy atom. The number of rotatable bonds is 8. The Balaban J connectivity index is 2.84. The van der Waals surface area contributed by atoms with Crippen molar-refractivity contribution in [1.29, 1.82) is 0 Å². The second kappa shape index (κ2) is 9.85. The van der Waals surface area contributed by atoms with Crippen LogP contribution >= 0.6 is 0 Å². The van der Waals surface area contributed by atoms with Crippen LogP contribution in [0.4, 0.5) is 0 Å². The Labute approximate surface area is 165 Å². The van der Waals surface area contributed by atoms with Crippen molar-refractivity contribution in [1.82, 2.24) is 4.98 Å².